The van der Waals surface area contributed by atoms with E-state index in [1.165, 1.54) is 0 Å². The zero-order valence-corrected chi connectivity index (χ0v) is 15.0. The van der Waals surface area contributed by atoms with E-state index in [1.54, 1.807) is 0 Å². The van der Waals surface area contributed by atoms with E-state index >= 15 is 0 Å². The van der Waals surface area contributed by atoms with Crippen LogP contribution in [0.1, 0.15) is 51.5 Å². The Bertz CT molecular complexity index is 407. The predicted molar refractivity (Wildman–Crippen MR) is 93.8 cm³/mol. The molecule has 0 saturated carbocycles. The molecular weight excluding hydrogens is 326 g/mol. The minimum atomic E-state index is -0.0372. The smallest absolute Gasteiger partial charge is 0.227 e. The molecule has 0 spiro atoms. The topological polar surface area (TPSA) is 29.1 Å². The van der Waals surface area contributed by atoms with Gasteiger partial charge in [-0.05, 0) is 30.2 Å². The first kappa shape index (κ1) is 18.2. The molecule has 1 aromatic carbocycles. The van der Waals surface area contributed by atoms with E-state index < -0.39 is 0 Å². The van der Waals surface area contributed by atoms with Crippen molar-refractivity contribution >= 4 is 21.8 Å². The third-order valence-electron chi connectivity index (χ3n) is 4.09. The van der Waals surface area contributed by atoms with Gasteiger partial charge in [-0.3, -0.25) is 4.79 Å². The average Bonchev–Trinajstić information content (AvgIpc) is 2.52. The van der Waals surface area contributed by atoms with Crippen molar-refractivity contribution in [1.29, 1.82) is 0 Å². The highest BCUT2D eigenvalue weighted by molar-refractivity contribution is 9.09. The molecule has 3 unspecified atom stereocenters. The lowest BCUT2D eigenvalue weighted by molar-refractivity contribution is -0.123. The van der Waals surface area contributed by atoms with E-state index in [1.807, 2.05) is 18.2 Å². The van der Waals surface area contributed by atoms with Gasteiger partial charge in [0.1, 0.15) is 0 Å². The van der Waals surface area contributed by atoms with Gasteiger partial charge < -0.3 is 5.32 Å². The average molecular weight is 354 g/mol. The van der Waals surface area contributed by atoms with Gasteiger partial charge in [0.05, 0.1) is 5.92 Å². The number of hydrogen-bond donors (Lipinski definition) is 1. The fraction of sp³-hybridized carbons (Fsp3) is 0.611. The largest absolute Gasteiger partial charge is 0.356 e. The van der Waals surface area contributed by atoms with Crippen molar-refractivity contribution in [2.75, 3.05) is 11.9 Å². The van der Waals surface area contributed by atoms with Gasteiger partial charge in [-0.2, -0.15) is 0 Å². The van der Waals surface area contributed by atoms with Crippen LogP contribution in [0.25, 0.3) is 0 Å². The van der Waals surface area contributed by atoms with Crippen LogP contribution in [0.15, 0.2) is 30.3 Å². The molecule has 0 saturated heterocycles. The van der Waals surface area contributed by atoms with E-state index in [-0.39, 0.29) is 11.8 Å². The van der Waals surface area contributed by atoms with E-state index in [0.717, 1.165) is 36.7 Å². The van der Waals surface area contributed by atoms with E-state index in [9.17, 15) is 4.79 Å². The highest BCUT2D eigenvalue weighted by Gasteiger charge is 2.25. The van der Waals surface area contributed by atoms with E-state index in [2.05, 4.69) is 54.2 Å². The van der Waals surface area contributed by atoms with Gasteiger partial charge in [-0.15, -0.1) is 0 Å². The molecule has 0 bridgehead atoms. The molecule has 0 aliphatic rings. The molecule has 1 amide bonds. The van der Waals surface area contributed by atoms with Crippen molar-refractivity contribution in [2.24, 2.45) is 11.8 Å². The van der Waals surface area contributed by atoms with Crippen LogP contribution in [0, 0.1) is 11.8 Å². The summed E-state index contributed by atoms with van der Waals surface area (Å²) in [6, 6.07) is 10.1. The Morgan fingerprint density at radius 3 is 2.48 bits per heavy atom. The molecule has 0 heterocycles. The van der Waals surface area contributed by atoms with Crippen LogP contribution in [0.3, 0.4) is 0 Å². The van der Waals surface area contributed by atoms with Crippen LogP contribution in [0.2, 0.25) is 0 Å². The second-order valence-corrected chi connectivity index (χ2v) is 6.61. The summed E-state index contributed by atoms with van der Waals surface area (Å²) >= 11 is 3.49. The van der Waals surface area contributed by atoms with Crippen molar-refractivity contribution in [2.45, 2.75) is 46.0 Å². The van der Waals surface area contributed by atoms with Crippen LogP contribution >= 0.6 is 15.9 Å². The molecule has 118 valence electrons. The first-order valence-electron chi connectivity index (χ1n) is 7.98. The Balaban J connectivity index is 2.57. The monoisotopic (exact) mass is 353 g/mol. The molecule has 0 aromatic heterocycles. The van der Waals surface area contributed by atoms with Crippen molar-refractivity contribution in [3.05, 3.63) is 35.9 Å². The zero-order valence-electron chi connectivity index (χ0n) is 13.4. The van der Waals surface area contributed by atoms with Crippen LogP contribution in [0.4, 0.5) is 0 Å². The molecule has 0 radical (unpaired) electrons. The number of alkyl halides is 1. The number of benzene rings is 1. The lowest BCUT2D eigenvalue weighted by Crippen LogP contribution is -2.33. The number of carbonyl (C=O) groups excluding carboxylic acids is 1. The number of nitrogens with one attached hydrogen (secondary N) is 1. The number of amides is 1. The fourth-order valence-electron chi connectivity index (χ4n) is 2.48. The van der Waals surface area contributed by atoms with Crippen molar-refractivity contribution < 1.29 is 4.79 Å². The Kier molecular flexibility index (Phi) is 8.67. The molecule has 1 rings (SSSR count). The number of halogens is 1. The Morgan fingerprint density at radius 2 is 1.90 bits per heavy atom. The highest BCUT2D eigenvalue weighted by Crippen LogP contribution is 2.27. The number of hydrogen-bond acceptors (Lipinski definition) is 1. The van der Waals surface area contributed by atoms with Gasteiger partial charge in [-0.1, -0.05) is 73.5 Å². The lowest BCUT2D eigenvalue weighted by atomic mass is 9.85. The predicted octanol–water partition coefficient (Wildman–Crippen LogP) is 4.74. The van der Waals surface area contributed by atoms with Gasteiger partial charge in [-0.25, -0.2) is 0 Å². The van der Waals surface area contributed by atoms with Gasteiger partial charge in [0.25, 0.3) is 0 Å². The molecule has 21 heavy (non-hydrogen) atoms. The summed E-state index contributed by atoms with van der Waals surface area (Å²) in [5, 5.41) is 4.15. The van der Waals surface area contributed by atoms with E-state index in [4.69, 9.17) is 0 Å². The number of rotatable bonds is 9. The van der Waals surface area contributed by atoms with Crippen molar-refractivity contribution in [3.8, 4) is 0 Å². The summed E-state index contributed by atoms with van der Waals surface area (Å²) in [5.41, 5.74) is 1.12. The van der Waals surface area contributed by atoms with Gasteiger partial charge in [0, 0.05) is 11.9 Å². The maximum atomic E-state index is 12.5. The first-order chi connectivity index (χ1) is 10.1. The summed E-state index contributed by atoms with van der Waals surface area (Å²) in [6.07, 6.45) is 3.19. The third-order valence-corrected chi connectivity index (χ3v) is 5.20. The van der Waals surface area contributed by atoms with Crippen LogP contribution < -0.4 is 5.32 Å². The van der Waals surface area contributed by atoms with E-state index in [0.29, 0.717) is 11.8 Å². The number of carbonyl (C=O) groups is 1. The third kappa shape index (κ3) is 6.21. The zero-order chi connectivity index (χ0) is 15.7. The van der Waals surface area contributed by atoms with Crippen LogP contribution in [0.5, 0.6) is 0 Å². The minimum Gasteiger partial charge on any atom is -0.356 e. The second-order valence-electron chi connectivity index (χ2n) is 5.97. The Hall–Kier alpha value is -0.830. The summed E-state index contributed by atoms with van der Waals surface area (Å²) in [6.45, 7) is 7.30. The van der Waals surface area contributed by atoms with Gasteiger partial charge in [0.15, 0.2) is 0 Å². The minimum absolute atomic E-state index is 0.0372. The van der Waals surface area contributed by atoms with Gasteiger partial charge in [0.2, 0.25) is 5.91 Å². The first-order valence-corrected chi connectivity index (χ1v) is 9.10. The SMILES string of the molecule is CCC(C)C(C(=O)NCCCC(C)CBr)c1ccccc1. The molecule has 1 N–H and O–H groups in total. The van der Waals surface area contributed by atoms with Crippen molar-refractivity contribution in [1.82, 2.24) is 5.32 Å². The molecule has 0 aliphatic heterocycles. The Labute approximate surface area is 137 Å². The summed E-state index contributed by atoms with van der Waals surface area (Å²) in [4.78, 5) is 12.5. The quantitative estimate of drug-likeness (QED) is 0.503. The lowest BCUT2D eigenvalue weighted by Gasteiger charge is -2.23. The van der Waals surface area contributed by atoms with Crippen molar-refractivity contribution in [3.63, 3.8) is 0 Å². The molecular formula is C18H28BrNO. The molecule has 3 atom stereocenters. The molecule has 0 fully saturated rings. The highest BCUT2D eigenvalue weighted by atomic mass is 79.9. The fourth-order valence-corrected chi connectivity index (χ4v) is 2.81. The van der Waals surface area contributed by atoms with Crippen LogP contribution in [-0.2, 0) is 4.79 Å². The summed E-state index contributed by atoms with van der Waals surface area (Å²) < 4.78 is 0. The maximum Gasteiger partial charge on any atom is 0.227 e. The normalized spacial score (nSPS) is 15.2. The Morgan fingerprint density at radius 1 is 1.24 bits per heavy atom. The van der Waals surface area contributed by atoms with Crippen LogP contribution in [-0.4, -0.2) is 17.8 Å². The molecule has 2 nitrogen and oxygen atoms in total. The second kappa shape index (κ2) is 9.99. The maximum absolute atomic E-state index is 12.5. The summed E-state index contributed by atoms with van der Waals surface area (Å²) in [5.74, 6) is 1.15. The summed E-state index contributed by atoms with van der Waals surface area (Å²) in [7, 11) is 0. The standard InChI is InChI=1S/C18H28BrNO/c1-4-15(3)17(16-10-6-5-7-11-16)18(21)20-12-8-9-14(2)13-19/h5-7,10-11,14-15,17H,4,8-9,12-13H2,1-3H3,(H,20,21). The molecule has 3 heteroatoms. The van der Waals surface area contributed by atoms with Gasteiger partial charge >= 0.3 is 0 Å². The molecule has 1 aromatic rings. The molecule has 0 aliphatic carbocycles.